The monoisotopic (exact) mass is 242 g/mol. The van der Waals surface area contributed by atoms with Crippen molar-refractivity contribution in [2.45, 2.75) is 6.92 Å². The van der Waals surface area contributed by atoms with E-state index in [0.29, 0.717) is 11.4 Å². The predicted octanol–water partition coefficient (Wildman–Crippen LogP) is 2.65. The second-order valence-corrected chi connectivity index (χ2v) is 3.88. The highest BCUT2D eigenvalue weighted by Gasteiger charge is 2.12. The van der Waals surface area contributed by atoms with E-state index in [4.69, 9.17) is 4.74 Å². The first-order valence-electron chi connectivity index (χ1n) is 5.58. The molecule has 1 aromatic carbocycles. The smallest absolute Gasteiger partial charge is 0.261 e. The van der Waals surface area contributed by atoms with Crippen LogP contribution in [0.25, 0.3) is 0 Å². The lowest BCUT2D eigenvalue weighted by molar-refractivity contribution is 0.102. The van der Waals surface area contributed by atoms with Crippen molar-refractivity contribution in [3.05, 3.63) is 53.7 Å². The Balaban J connectivity index is 2.22. The molecule has 0 saturated heterocycles. The summed E-state index contributed by atoms with van der Waals surface area (Å²) < 4.78 is 5.06. The number of hydrogen-bond acceptors (Lipinski definition) is 3. The number of carbonyl (C=O) groups excluding carboxylic acids is 1. The van der Waals surface area contributed by atoms with Crippen molar-refractivity contribution in [1.82, 2.24) is 4.98 Å². The van der Waals surface area contributed by atoms with Crippen molar-refractivity contribution >= 4 is 11.6 Å². The SMILES string of the molecule is COc1ncccc1C(=O)Nc1cccc(C)c1. The number of pyridine rings is 1. The second kappa shape index (κ2) is 5.31. The molecular weight excluding hydrogens is 228 g/mol. The Morgan fingerprint density at radius 3 is 2.83 bits per heavy atom. The zero-order valence-corrected chi connectivity index (χ0v) is 10.3. The quantitative estimate of drug-likeness (QED) is 0.900. The molecule has 0 atom stereocenters. The van der Waals surface area contributed by atoms with Crippen LogP contribution in [0.1, 0.15) is 15.9 Å². The summed E-state index contributed by atoms with van der Waals surface area (Å²) in [7, 11) is 1.49. The van der Waals surface area contributed by atoms with Crippen LogP contribution < -0.4 is 10.1 Å². The molecule has 0 saturated carbocycles. The van der Waals surface area contributed by atoms with Gasteiger partial charge in [0.2, 0.25) is 5.88 Å². The van der Waals surface area contributed by atoms with Crippen LogP contribution in [0.15, 0.2) is 42.6 Å². The van der Waals surface area contributed by atoms with Gasteiger partial charge >= 0.3 is 0 Å². The number of aromatic nitrogens is 1. The highest BCUT2D eigenvalue weighted by molar-refractivity contribution is 6.05. The molecule has 0 fully saturated rings. The molecule has 1 aromatic heterocycles. The minimum atomic E-state index is -0.231. The molecule has 0 radical (unpaired) electrons. The lowest BCUT2D eigenvalue weighted by atomic mass is 10.2. The van der Waals surface area contributed by atoms with Crippen LogP contribution in [-0.4, -0.2) is 18.0 Å². The van der Waals surface area contributed by atoms with Gasteiger partial charge < -0.3 is 10.1 Å². The maximum Gasteiger partial charge on any atom is 0.261 e. The van der Waals surface area contributed by atoms with E-state index in [0.717, 1.165) is 11.3 Å². The maximum atomic E-state index is 12.1. The van der Waals surface area contributed by atoms with Crippen LogP contribution in [0, 0.1) is 6.92 Å². The van der Waals surface area contributed by atoms with Crippen LogP contribution in [0.4, 0.5) is 5.69 Å². The van der Waals surface area contributed by atoms with Crippen molar-refractivity contribution in [1.29, 1.82) is 0 Å². The fourth-order valence-corrected chi connectivity index (χ4v) is 1.65. The topological polar surface area (TPSA) is 51.2 Å². The van der Waals surface area contributed by atoms with Crippen LogP contribution in [0.2, 0.25) is 0 Å². The molecular formula is C14H14N2O2. The molecule has 4 nitrogen and oxygen atoms in total. The van der Waals surface area contributed by atoms with Gasteiger partial charge in [-0.1, -0.05) is 12.1 Å². The summed E-state index contributed by atoms with van der Waals surface area (Å²) in [4.78, 5) is 16.1. The van der Waals surface area contributed by atoms with Gasteiger partial charge in [-0.2, -0.15) is 0 Å². The van der Waals surface area contributed by atoms with Gasteiger partial charge in [-0.25, -0.2) is 4.98 Å². The number of benzene rings is 1. The Bertz CT molecular complexity index is 567. The number of rotatable bonds is 3. The second-order valence-electron chi connectivity index (χ2n) is 3.88. The van der Waals surface area contributed by atoms with Crippen molar-refractivity contribution in [3.8, 4) is 5.88 Å². The highest BCUT2D eigenvalue weighted by Crippen LogP contribution is 2.16. The summed E-state index contributed by atoms with van der Waals surface area (Å²) >= 11 is 0. The Morgan fingerprint density at radius 1 is 1.28 bits per heavy atom. The van der Waals surface area contributed by atoms with E-state index < -0.39 is 0 Å². The molecule has 0 aliphatic carbocycles. The van der Waals surface area contributed by atoms with Gasteiger partial charge in [-0.05, 0) is 36.8 Å². The molecule has 4 heteroatoms. The fraction of sp³-hybridized carbons (Fsp3) is 0.143. The summed E-state index contributed by atoms with van der Waals surface area (Å²) in [5, 5.41) is 2.81. The molecule has 2 aromatic rings. The van der Waals surface area contributed by atoms with Crippen LogP contribution in [0.5, 0.6) is 5.88 Å². The number of carbonyl (C=O) groups is 1. The van der Waals surface area contributed by atoms with Crippen molar-refractivity contribution in [2.75, 3.05) is 12.4 Å². The predicted molar refractivity (Wildman–Crippen MR) is 69.9 cm³/mol. The first-order chi connectivity index (χ1) is 8.70. The molecule has 18 heavy (non-hydrogen) atoms. The van der Waals surface area contributed by atoms with Gasteiger partial charge in [-0.3, -0.25) is 4.79 Å². The van der Waals surface area contributed by atoms with Crippen LogP contribution in [0.3, 0.4) is 0 Å². The summed E-state index contributed by atoms with van der Waals surface area (Å²) in [5.74, 6) is 0.0909. The normalized spacial score (nSPS) is 9.89. The van der Waals surface area contributed by atoms with Crippen LogP contribution in [-0.2, 0) is 0 Å². The van der Waals surface area contributed by atoms with Gasteiger partial charge in [0.05, 0.1) is 7.11 Å². The van der Waals surface area contributed by atoms with Crippen molar-refractivity contribution in [2.24, 2.45) is 0 Å². The first-order valence-corrected chi connectivity index (χ1v) is 5.58. The molecule has 1 heterocycles. The van der Waals surface area contributed by atoms with E-state index in [1.54, 1.807) is 18.3 Å². The van der Waals surface area contributed by atoms with Gasteiger partial charge in [0.25, 0.3) is 5.91 Å². The van der Waals surface area contributed by atoms with Gasteiger partial charge in [-0.15, -0.1) is 0 Å². The molecule has 0 unspecified atom stereocenters. The summed E-state index contributed by atoms with van der Waals surface area (Å²) in [5.41, 5.74) is 2.26. The minimum Gasteiger partial charge on any atom is -0.480 e. The number of nitrogens with zero attached hydrogens (tertiary/aromatic N) is 1. The van der Waals surface area contributed by atoms with Gasteiger partial charge in [0.1, 0.15) is 5.56 Å². The lowest BCUT2D eigenvalue weighted by Gasteiger charge is -2.08. The van der Waals surface area contributed by atoms with Crippen molar-refractivity contribution in [3.63, 3.8) is 0 Å². The Hall–Kier alpha value is -2.36. The Kier molecular flexibility index (Phi) is 3.57. The lowest BCUT2D eigenvalue weighted by Crippen LogP contribution is -2.13. The van der Waals surface area contributed by atoms with Crippen LogP contribution >= 0.6 is 0 Å². The number of hydrogen-bond donors (Lipinski definition) is 1. The van der Waals surface area contributed by atoms with E-state index in [1.165, 1.54) is 7.11 Å². The number of methoxy groups -OCH3 is 1. The third kappa shape index (κ3) is 2.66. The minimum absolute atomic E-state index is 0.231. The number of amides is 1. The molecule has 92 valence electrons. The third-order valence-corrected chi connectivity index (χ3v) is 2.49. The standard InChI is InChI=1S/C14H14N2O2/c1-10-5-3-6-11(9-10)16-13(17)12-7-4-8-15-14(12)18-2/h3-9H,1-2H3,(H,16,17). The van der Waals surface area contributed by atoms with E-state index in [-0.39, 0.29) is 5.91 Å². The van der Waals surface area contributed by atoms with Gasteiger partial charge in [0.15, 0.2) is 0 Å². The Labute approximate surface area is 106 Å². The maximum absolute atomic E-state index is 12.1. The zero-order valence-electron chi connectivity index (χ0n) is 10.3. The van der Waals surface area contributed by atoms with E-state index in [1.807, 2.05) is 31.2 Å². The fourth-order valence-electron chi connectivity index (χ4n) is 1.65. The molecule has 1 amide bonds. The summed E-state index contributed by atoms with van der Waals surface area (Å²) in [6.07, 6.45) is 1.59. The molecule has 0 aliphatic rings. The van der Waals surface area contributed by atoms with Crippen molar-refractivity contribution < 1.29 is 9.53 Å². The van der Waals surface area contributed by atoms with E-state index >= 15 is 0 Å². The zero-order chi connectivity index (χ0) is 13.0. The average Bonchev–Trinajstić information content (AvgIpc) is 2.38. The van der Waals surface area contributed by atoms with E-state index in [2.05, 4.69) is 10.3 Å². The molecule has 0 bridgehead atoms. The van der Waals surface area contributed by atoms with Gasteiger partial charge in [0, 0.05) is 11.9 Å². The molecule has 1 N–H and O–H groups in total. The number of anilines is 1. The largest absolute Gasteiger partial charge is 0.480 e. The number of nitrogens with one attached hydrogen (secondary N) is 1. The van der Waals surface area contributed by atoms with E-state index in [9.17, 15) is 4.79 Å². The third-order valence-electron chi connectivity index (χ3n) is 2.49. The summed E-state index contributed by atoms with van der Waals surface area (Å²) in [6, 6.07) is 11.0. The number of ether oxygens (including phenoxy) is 1. The highest BCUT2D eigenvalue weighted by atomic mass is 16.5. The molecule has 0 spiro atoms. The summed E-state index contributed by atoms with van der Waals surface area (Å²) in [6.45, 7) is 1.97. The first kappa shape index (κ1) is 12.1. The molecule has 2 rings (SSSR count). The number of aryl methyl sites for hydroxylation is 1. The Morgan fingerprint density at radius 2 is 2.11 bits per heavy atom. The average molecular weight is 242 g/mol. The molecule has 0 aliphatic heterocycles.